The highest BCUT2D eigenvalue weighted by atomic mass is 127. The van der Waals surface area contributed by atoms with Crippen LogP contribution in [0.5, 0.6) is 11.5 Å². The van der Waals surface area contributed by atoms with Gasteiger partial charge in [0.15, 0.2) is 23.8 Å². The fourth-order valence-corrected chi connectivity index (χ4v) is 3.64. The van der Waals surface area contributed by atoms with Gasteiger partial charge in [-0.25, -0.2) is 14.6 Å². The van der Waals surface area contributed by atoms with Gasteiger partial charge in [-0.3, -0.25) is 4.79 Å². The maximum Gasteiger partial charge on any atom is 0.363 e. The average molecular weight is 564 g/mol. The van der Waals surface area contributed by atoms with Crippen molar-refractivity contribution in [2.45, 2.75) is 13.8 Å². The number of nitrogens with one attached hydrogen (secondary N) is 1. The molecule has 1 aliphatic heterocycles. The molecule has 10 heteroatoms. The van der Waals surface area contributed by atoms with Crippen LogP contribution in [0.4, 0.5) is 5.69 Å². The molecule has 172 valence electrons. The molecule has 1 amide bonds. The highest BCUT2D eigenvalue weighted by Gasteiger charge is 2.24. The monoisotopic (exact) mass is 564 g/mol. The van der Waals surface area contributed by atoms with Crippen molar-refractivity contribution in [1.82, 2.24) is 0 Å². The van der Waals surface area contributed by atoms with Gasteiger partial charge in [0.2, 0.25) is 11.8 Å². The Hall–Kier alpha value is -3.41. The molecule has 0 aliphatic carbocycles. The summed E-state index contributed by atoms with van der Waals surface area (Å²) in [6, 6.07) is 10.2. The maximum absolute atomic E-state index is 12.4. The van der Waals surface area contributed by atoms with E-state index >= 15 is 0 Å². The van der Waals surface area contributed by atoms with Crippen LogP contribution in [0.15, 0.2) is 47.1 Å². The molecule has 1 N–H and O–H groups in total. The minimum absolute atomic E-state index is 0.123. The van der Waals surface area contributed by atoms with E-state index in [4.69, 9.17) is 14.2 Å². The Morgan fingerprint density at radius 2 is 1.91 bits per heavy atom. The summed E-state index contributed by atoms with van der Waals surface area (Å²) in [5.74, 6) is -0.291. The Labute approximate surface area is 203 Å². The number of carbonyl (C=O) groups excluding carboxylic acids is 3. The Balaban J connectivity index is 1.87. The molecule has 33 heavy (non-hydrogen) atoms. The molecule has 0 radical (unpaired) electrons. The van der Waals surface area contributed by atoms with Gasteiger partial charge in [0.25, 0.3) is 0 Å². The third-order valence-electron chi connectivity index (χ3n) is 4.27. The Morgan fingerprint density at radius 3 is 2.55 bits per heavy atom. The van der Waals surface area contributed by atoms with Crippen LogP contribution in [-0.4, -0.2) is 44.1 Å². The number of carbonyl (C=O) groups is 3. The third kappa shape index (κ3) is 6.31. The number of methoxy groups -OCH3 is 1. The standard InChI is InChI=1S/C23H21IN2O7/c1-4-31-19-11-14(9-17(24)21(19)32-12-20(28)30-3)10-18-23(29)33-22(26-18)15-5-7-16(8-6-15)25-13(2)27/h5-11H,4,12H2,1-3H3,(H,25,27)/b18-10-. The van der Waals surface area contributed by atoms with Crippen LogP contribution >= 0.6 is 22.6 Å². The maximum atomic E-state index is 12.4. The Morgan fingerprint density at radius 1 is 1.18 bits per heavy atom. The summed E-state index contributed by atoms with van der Waals surface area (Å²) in [5.41, 5.74) is 1.99. The van der Waals surface area contributed by atoms with Gasteiger partial charge in [-0.15, -0.1) is 0 Å². The largest absolute Gasteiger partial charge is 0.490 e. The molecule has 0 atom stereocenters. The van der Waals surface area contributed by atoms with Gasteiger partial charge < -0.3 is 24.3 Å². The lowest BCUT2D eigenvalue weighted by molar-refractivity contribution is -0.143. The summed E-state index contributed by atoms with van der Waals surface area (Å²) in [4.78, 5) is 39.3. The molecule has 2 aromatic carbocycles. The van der Waals surface area contributed by atoms with Crippen molar-refractivity contribution in [2.75, 3.05) is 25.6 Å². The summed E-state index contributed by atoms with van der Waals surface area (Å²) in [6.07, 6.45) is 1.58. The van der Waals surface area contributed by atoms with E-state index in [0.717, 1.165) is 0 Å². The van der Waals surface area contributed by atoms with Crippen molar-refractivity contribution in [1.29, 1.82) is 0 Å². The first-order valence-electron chi connectivity index (χ1n) is 9.87. The van der Waals surface area contributed by atoms with E-state index in [2.05, 4.69) is 37.6 Å². The molecule has 3 rings (SSSR count). The van der Waals surface area contributed by atoms with Gasteiger partial charge in [0, 0.05) is 18.2 Å². The quantitative estimate of drug-likeness (QED) is 0.297. The van der Waals surface area contributed by atoms with Gasteiger partial charge in [-0.1, -0.05) is 0 Å². The highest BCUT2D eigenvalue weighted by Crippen LogP contribution is 2.35. The molecule has 0 spiro atoms. The van der Waals surface area contributed by atoms with Crippen molar-refractivity contribution >= 4 is 58.1 Å². The Kier molecular flexibility index (Phi) is 8.04. The van der Waals surface area contributed by atoms with Crippen LogP contribution in [0.25, 0.3) is 6.08 Å². The lowest BCUT2D eigenvalue weighted by atomic mass is 10.1. The zero-order valence-electron chi connectivity index (χ0n) is 18.1. The zero-order chi connectivity index (χ0) is 24.0. The molecule has 2 aromatic rings. The number of ether oxygens (including phenoxy) is 4. The summed E-state index contributed by atoms with van der Waals surface area (Å²) in [5, 5.41) is 2.67. The normalized spacial score (nSPS) is 13.9. The molecule has 1 aliphatic rings. The van der Waals surface area contributed by atoms with Crippen molar-refractivity contribution < 1.29 is 33.3 Å². The molecule has 1 heterocycles. The van der Waals surface area contributed by atoms with Crippen molar-refractivity contribution in [3.05, 3.63) is 56.8 Å². The van der Waals surface area contributed by atoms with E-state index in [1.165, 1.54) is 14.0 Å². The first-order chi connectivity index (χ1) is 15.8. The number of cyclic esters (lactones) is 1. The molecular weight excluding hydrogens is 543 g/mol. The highest BCUT2D eigenvalue weighted by molar-refractivity contribution is 14.1. The molecular formula is C23H21IN2O7. The van der Waals surface area contributed by atoms with Gasteiger partial charge in [0.05, 0.1) is 17.3 Å². The number of benzene rings is 2. The summed E-state index contributed by atoms with van der Waals surface area (Å²) >= 11 is 2.06. The number of aliphatic imine (C=N–C) groups is 1. The van der Waals surface area contributed by atoms with Crippen LogP contribution in [0.3, 0.4) is 0 Å². The van der Waals surface area contributed by atoms with E-state index in [1.54, 1.807) is 42.5 Å². The van der Waals surface area contributed by atoms with E-state index in [9.17, 15) is 14.4 Å². The number of halogens is 1. The van der Waals surface area contributed by atoms with Gasteiger partial charge in [-0.05, 0) is 77.6 Å². The summed E-state index contributed by atoms with van der Waals surface area (Å²) < 4.78 is 21.8. The first-order valence-corrected chi connectivity index (χ1v) is 10.9. The van der Waals surface area contributed by atoms with Crippen LogP contribution in [0, 0.1) is 3.57 Å². The van der Waals surface area contributed by atoms with E-state index in [0.29, 0.717) is 38.5 Å². The smallest absolute Gasteiger partial charge is 0.363 e. The minimum atomic E-state index is -0.588. The lowest BCUT2D eigenvalue weighted by Crippen LogP contribution is -2.14. The summed E-state index contributed by atoms with van der Waals surface area (Å²) in [7, 11) is 1.28. The average Bonchev–Trinajstić information content (AvgIpc) is 3.13. The first kappa shape index (κ1) is 24.2. The number of hydrogen-bond donors (Lipinski definition) is 1. The Bertz CT molecular complexity index is 1140. The minimum Gasteiger partial charge on any atom is -0.490 e. The SMILES string of the molecule is CCOc1cc(/C=C2\N=C(c3ccc(NC(C)=O)cc3)OC2=O)cc(I)c1OCC(=O)OC. The number of hydrogen-bond acceptors (Lipinski definition) is 8. The van der Waals surface area contributed by atoms with Crippen molar-refractivity contribution in [3.63, 3.8) is 0 Å². The fraction of sp³-hybridized carbons (Fsp3) is 0.217. The number of amides is 1. The van der Waals surface area contributed by atoms with Gasteiger partial charge >= 0.3 is 11.9 Å². The van der Waals surface area contributed by atoms with E-state index in [1.807, 2.05) is 6.92 Å². The molecule has 0 bridgehead atoms. The predicted octanol–water partition coefficient (Wildman–Crippen LogP) is 3.54. The van der Waals surface area contributed by atoms with Crippen LogP contribution in [0.2, 0.25) is 0 Å². The molecule has 0 fully saturated rings. The van der Waals surface area contributed by atoms with Crippen LogP contribution in [0.1, 0.15) is 25.0 Å². The number of esters is 2. The fourth-order valence-electron chi connectivity index (χ4n) is 2.85. The number of rotatable bonds is 8. The molecule has 0 aromatic heterocycles. The second-order valence-electron chi connectivity index (χ2n) is 6.72. The molecule has 9 nitrogen and oxygen atoms in total. The second kappa shape index (κ2) is 10.9. The lowest BCUT2D eigenvalue weighted by Gasteiger charge is -2.14. The van der Waals surface area contributed by atoms with Gasteiger partial charge in [-0.2, -0.15) is 0 Å². The number of anilines is 1. The van der Waals surface area contributed by atoms with Crippen LogP contribution in [-0.2, 0) is 23.9 Å². The van der Waals surface area contributed by atoms with Crippen LogP contribution < -0.4 is 14.8 Å². The molecule has 0 saturated carbocycles. The topological polar surface area (TPSA) is 113 Å². The molecule has 0 saturated heterocycles. The van der Waals surface area contributed by atoms with Gasteiger partial charge in [0.1, 0.15) is 0 Å². The molecule has 0 unspecified atom stereocenters. The predicted molar refractivity (Wildman–Crippen MR) is 129 cm³/mol. The third-order valence-corrected chi connectivity index (χ3v) is 5.07. The summed E-state index contributed by atoms with van der Waals surface area (Å²) in [6.45, 7) is 3.37. The number of nitrogens with zero attached hydrogens (tertiary/aromatic N) is 1. The zero-order valence-corrected chi connectivity index (χ0v) is 20.3. The van der Waals surface area contributed by atoms with E-state index in [-0.39, 0.29) is 24.1 Å². The van der Waals surface area contributed by atoms with Crippen molar-refractivity contribution in [3.8, 4) is 11.5 Å². The van der Waals surface area contributed by atoms with E-state index < -0.39 is 11.9 Å². The second-order valence-corrected chi connectivity index (χ2v) is 7.88. The van der Waals surface area contributed by atoms with Crippen molar-refractivity contribution in [2.24, 2.45) is 4.99 Å².